The van der Waals surface area contributed by atoms with E-state index in [9.17, 15) is 0 Å². The van der Waals surface area contributed by atoms with E-state index in [0.29, 0.717) is 12.1 Å². The fourth-order valence-corrected chi connectivity index (χ4v) is 3.25. The topological polar surface area (TPSA) is 33.3 Å². The third kappa shape index (κ3) is 5.12. The molecule has 1 aliphatic rings. The van der Waals surface area contributed by atoms with Crippen molar-refractivity contribution in [2.75, 3.05) is 20.2 Å². The van der Waals surface area contributed by atoms with Crippen LogP contribution in [0.25, 0.3) is 0 Å². The van der Waals surface area contributed by atoms with E-state index in [1.165, 1.54) is 11.1 Å². The van der Waals surface area contributed by atoms with Crippen LogP contribution in [0.4, 0.5) is 0 Å². The maximum Gasteiger partial charge on any atom is 0.122 e. The van der Waals surface area contributed by atoms with Crippen molar-refractivity contribution in [3.8, 4) is 5.75 Å². The lowest BCUT2D eigenvalue weighted by Gasteiger charge is -2.34. The second kappa shape index (κ2) is 10.6. The lowest BCUT2D eigenvalue weighted by Crippen LogP contribution is -2.50. The van der Waals surface area contributed by atoms with E-state index in [1.807, 2.05) is 12.1 Å². The molecule has 0 aliphatic carbocycles. The van der Waals surface area contributed by atoms with Gasteiger partial charge in [-0.05, 0) is 30.0 Å². The van der Waals surface area contributed by atoms with Gasteiger partial charge in [-0.3, -0.25) is 0 Å². The predicted molar refractivity (Wildman–Crippen MR) is 105 cm³/mol. The largest absolute Gasteiger partial charge is 0.496 e. The molecule has 24 heavy (non-hydrogen) atoms. The van der Waals surface area contributed by atoms with E-state index in [4.69, 9.17) is 4.74 Å². The van der Waals surface area contributed by atoms with Gasteiger partial charge in [-0.2, -0.15) is 0 Å². The molecule has 1 aliphatic heterocycles. The Bertz CT molecular complexity index is 595. The summed E-state index contributed by atoms with van der Waals surface area (Å²) in [5.74, 6) is 0.988. The van der Waals surface area contributed by atoms with Crippen molar-refractivity contribution in [1.29, 1.82) is 0 Å². The van der Waals surface area contributed by atoms with Crippen LogP contribution in [0.5, 0.6) is 5.75 Å². The van der Waals surface area contributed by atoms with Crippen molar-refractivity contribution < 1.29 is 4.74 Å². The van der Waals surface area contributed by atoms with Crippen LogP contribution >= 0.6 is 24.8 Å². The van der Waals surface area contributed by atoms with Crippen LogP contribution in [0.15, 0.2) is 54.6 Å². The third-order valence-corrected chi connectivity index (χ3v) is 4.37. The molecule has 3 nitrogen and oxygen atoms in total. The first-order valence-corrected chi connectivity index (χ1v) is 8.02. The molecular formula is C19H26Cl2N2O. The Kier molecular flexibility index (Phi) is 9.16. The Labute approximate surface area is 157 Å². The van der Waals surface area contributed by atoms with E-state index in [-0.39, 0.29) is 24.8 Å². The van der Waals surface area contributed by atoms with E-state index in [2.05, 4.69) is 53.1 Å². The number of methoxy groups -OCH3 is 1. The summed E-state index contributed by atoms with van der Waals surface area (Å²) in [7, 11) is 1.74. The van der Waals surface area contributed by atoms with Gasteiger partial charge in [-0.25, -0.2) is 0 Å². The van der Waals surface area contributed by atoms with Crippen LogP contribution in [-0.4, -0.2) is 26.2 Å². The molecule has 0 spiro atoms. The lowest BCUT2D eigenvalue weighted by atomic mass is 9.92. The zero-order valence-electron chi connectivity index (χ0n) is 13.9. The van der Waals surface area contributed by atoms with Gasteiger partial charge in [0.05, 0.1) is 7.11 Å². The molecule has 1 fully saturated rings. The van der Waals surface area contributed by atoms with Gasteiger partial charge < -0.3 is 15.4 Å². The van der Waals surface area contributed by atoms with Crippen molar-refractivity contribution >= 4 is 24.8 Å². The number of halogens is 2. The minimum absolute atomic E-state index is 0. The van der Waals surface area contributed by atoms with Gasteiger partial charge in [-0.1, -0.05) is 48.5 Å². The maximum atomic E-state index is 5.46. The summed E-state index contributed by atoms with van der Waals surface area (Å²) in [4.78, 5) is 0. The van der Waals surface area contributed by atoms with Crippen molar-refractivity contribution in [2.24, 2.45) is 0 Å². The number of hydrogen-bond donors (Lipinski definition) is 2. The Balaban J connectivity index is 0.00000144. The van der Waals surface area contributed by atoms with Crippen LogP contribution in [0.3, 0.4) is 0 Å². The average molecular weight is 369 g/mol. The van der Waals surface area contributed by atoms with Crippen molar-refractivity contribution in [3.63, 3.8) is 0 Å². The molecule has 0 radical (unpaired) electrons. The first-order valence-electron chi connectivity index (χ1n) is 8.02. The van der Waals surface area contributed by atoms with Gasteiger partial charge in [0, 0.05) is 25.2 Å². The number of nitrogens with one attached hydrogen (secondary N) is 2. The summed E-state index contributed by atoms with van der Waals surface area (Å²) in [5.41, 5.74) is 2.64. The van der Waals surface area contributed by atoms with E-state index >= 15 is 0 Å². The van der Waals surface area contributed by atoms with Gasteiger partial charge in [0.25, 0.3) is 0 Å². The molecule has 1 heterocycles. The number of ether oxygens (including phenoxy) is 1. The van der Waals surface area contributed by atoms with E-state index in [1.54, 1.807) is 7.11 Å². The lowest BCUT2D eigenvalue weighted by molar-refractivity contribution is 0.311. The number of aryl methyl sites for hydroxylation is 1. The molecule has 0 unspecified atom stereocenters. The van der Waals surface area contributed by atoms with Gasteiger partial charge in [0.2, 0.25) is 0 Å². The molecule has 2 atom stereocenters. The van der Waals surface area contributed by atoms with Gasteiger partial charge >= 0.3 is 0 Å². The fraction of sp³-hybridized carbons (Fsp3) is 0.368. The van der Waals surface area contributed by atoms with Crippen molar-refractivity contribution in [1.82, 2.24) is 10.6 Å². The average Bonchev–Trinajstić information content (AvgIpc) is 2.61. The molecule has 0 aromatic heterocycles. The van der Waals surface area contributed by atoms with Crippen LogP contribution < -0.4 is 15.4 Å². The molecule has 1 saturated heterocycles. The van der Waals surface area contributed by atoms with Crippen LogP contribution in [0.2, 0.25) is 0 Å². The highest BCUT2D eigenvalue weighted by Gasteiger charge is 2.25. The number of benzene rings is 2. The smallest absolute Gasteiger partial charge is 0.122 e. The first kappa shape index (κ1) is 20.8. The molecule has 0 amide bonds. The standard InChI is InChI=1S/C19H24N2O.2ClH/c1-22-18-10-6-5-7-15(18)11-12-17-19(21-14-13-20-17)16-8-3-2-4-9-16;;/h2-10,17,19-21H,11-14H2,1H3;2*1H/t17-,19-;;/m0../s1. The molecule has 2 aromatic carbocycles. The molecular weight excluding hydrogens is 343 g/mol. The maximum absolute atomic E-state index is 5.46. The highest BCUT2D eigenvalue weighted by atomic mass is 35.5. The van der Waals surface area contributed by atoms with Crippen LogP contribution in [0.1, 0.15) is 23.6 Å². The minimum Gasteiger partial charge on any atom is -0.496 e. The summed E-state index contributed by atoms with van der Waals surface area (Å²) in [6.45, 7) is 2.05. The molecule has 2 aromatic rings. The van der Waals surface area contributed by atoms with Crippen LogP contribution in [0, 0.1) is 0 Å². The normalized spacial score (nSPS) is 19.7. The summed E-state index contributed by atoms with van der Waals surface area (Å²) in [6.07, 6.45) is 2.11. The summed E-state index contributed by atoms with van der Waals surface area (Å²) < 4.78 is 5.46. The quantitative estimate of drug-likeness (QED) is 0.842. The Hall–Kier alpha value is -1.26. The van der Waals surface area contributed by atoms with Crippen LogP contribution in [-0.2, 0) is 6.42 Å². The SMILES string of the molecule is COc1ccccc1CC[C@@H]1NCCN[C@H]1c1ccccc1.Cl.Cl. The molecule has 5 heteroatoms. The molecule has 0 bridgehead atoms. The van der Waals surface area contributed by atoms with Gasteiger partial charge in [-0.15, -0.1) is 24.8 Å². The number of piperazine rings is 1. The molecule has 2 N–H and O–H groups in total. The zero-order valence-corrected chi connectivity index (χ0v) is 15.5. The minimum atomic E-state index is 0. The van der Waals surface area contributed by atoms with Crippen molar-refractivity contribution in [3.05, 3.63) is 65.7 Å². The third-order valence-electron chi connectivity index (χ3n) is 4.37. The summed E-state index contributed by atoms with van der Waals surface area (Å²) in [5, 5.41) is 7.33. The highest BCUT2D eigenvalue weighted by molar-refractivity contribution is 5.85. The Morgan fingerprint density at radius 2 is 1.58 bits per heavy atom. The molecule has 0 saturated carbocycles. The number of para-hydroxylation sites is 1. The summed E-state index contributed by atoms with van der Waals surface area (Å²) >= 11 is 0. The first-order chi connectivity index (χ1) is 10.9. The predicted octanol–water partition coefficient (Wildman–Crippen LogP) is 3.77. The fourth-order valence-electron chi connectivity index (χ4n) is 3.25. The Morgan fingerprint density at radius 3 is 2.33 bits per heavy atom. The second-order valence-corrected chi connectivity index (χ2v) is 5.75. The van der Waals surface area contributed by atoms with E-state index in [0.717, 1.165) is 31.7 Å². The monoisotopic (exact) mass is 368 g/mol. The number of hydrogen-bond acceptors (Lipinski definition) is 3. The number of rotatable bonds is 5. The zero-order chi connectivity index (χ0) is 15.2. The van der Waals surface area contributed by atoms with Gasteiger partial charge in [0.1, 0.15) is 5.75 Å². The highest BCUT2D eigenvalue weighted by Crippen LogP contribution is 2.25. The summed E-state index contributed by atoms with van der Waals surface area (Å²) in [6, 6.07) is 19.8. The van der Waals surface area contributed by atoms with Crippen molar-refractivity contribution in [2.45, 2.75) is 24.9 Å². The Morgan fingerprint density at radius 1 is 0.917 bits per heavy atom. The van der Waals surface area contributed by atoms with E-state index < -0.39 is 0 Å². The second-order valence-electron chi connectivity index (χ2n) is 5.75. The van der Waals surface area contributed by atoms with Gasteiger partial charge in [0.15, 0.2) is 0 Å². The molecule has 3 rings (SSSR count). The molecule has 132 valence electrons.